The quantitative estimate of drug-likeness (QED) is 0.577. The number of guanidine groups is 1. The largest absolute Gasteiger partial charge is 0.497 e. The van der Waals surface area contributed by atoms with Crippen LogP contribution in [0.1, 0.15) is 33.1 Å². The number of ether oxygens (including phenoxy) is 2. The van der Waals surface area contributed by atoms with Crippen molar-refractivity contribution in [2.75, 3.05) is 27.2 Å². The maximum Gasteiger partial charge on any atom is 0.191 e. The maximum absolute atomic E-state index is 5.94. The molecule has 1 aromatic rings. The highest BCUT2D eigenvalue weighted by Crippen LogP contribution is 2.33. The molecule has 26 heavy (non-hydrogen) atoms. The summed E-state index contributed by atoms with van der Waals surface area (Å²) in [7, 11) is 3.48. The van der Waals surface area contributed by atoms with Crippen molar-refractivity contribution >= 4 is 5.96 Å². The monoisotopic (exact) mass is 360 g/mol. The summed E-state index contributed by atoms with van der Waals surface area (Å²) in [6.07, 6.45) is 3.94. The molecule has 1 saturated heterocycles. The lowest BCUT2D eigenvalue weighted by Gasteiger charge is -2.21. The third-order valence-electron chi connectivity index (χ3n) is 5.16. The summed E-state index contributed by atoms with van der Waals surface area (Å²) in [6, 6.07) is 9.62. The molecular formula is C20H32N4O2. The standard InChI is InChI=1S/C20H32N4O2/c1-14-11-16(13-24(14)17-5-6-17)23-20(21-3)22-12-15(2)26-19-9-7-18(25-4)8-10-19/h7-10,14-17H,5-6,11-13H2,1-4H3,(H2,21,22,23). The third kappa shape index (κ3) is 5.04. The molecule has 1 heterocycles. The van der Waals surface area contributed by atoms with E-state index in [2.05, 4.69) is 34.4 Å². The molecule has 3 atom stereocenters. The van der Waals surface area contributed by atoms with Gasteiger partial charge in [0.2, 0.25) is 0 Å². The van der Waals surface area contributed by atoms with Crippen LogP contribution in [0.15, 0.2) is 29.3 Å². The molecule has 0 radical (unpaired) electrons. The fourth-order valence-electron chi connectivity index (χ4n) is 3.63. The minimum Gasteiger partial charge on any atom is -0.497 e. The van der Waals surface area contributed by atoms with Gasteiger partial charge in [-0.25, -0.2) is 0 Å². The molecule has 0 spiro atoms. The van der Waals surface area contributed by atoms with Gasteiger partial charge in [-0.1, -0.05) is 0 Å². The Morgan fingerprint density at radius 1 is 1.27 bits per heavy atom. The van der Waals surface area contributed by atoms with Crippen LogP contribution in [0.3, 0.4) is 0 Å². The summed E-state index contributed by atoms with van der Waals surface area (Å²) < 4.78 is 11.1. The molecule has 1 aliphatic carbocycles. The molecule has 144 valence electrons. The summed E-state index contributed by atoms with van der Waals surface area (Å²) in [6.45, 7) is 6.20. The molecule has 3 unspecified atom stereocenters. The highest BCUT2D eigenvalue weighted by molar-refractivity contribution is 5.80. The molecule has 0 aromatic heterocycles. The van der Waals surface area contributed by atoms with Gasteiger partial charge < -0.3 is 20.1 Å². The van der Waals surface area contributed by atoms with Crippen LogP contribution in [-0.2, 0) is 0 Å². The van der Waals surface area contributed by atoms with E-state index in [4.69, 9.17) is 9.47 Å². The van der Waals surface area contributed by atoms with Crippen LogP contribution in [0.25, 0.3) is 0 Å². The summed E-state index contributed by atoms with van der Waals surface area (Å²) in [5.41, 5.74) is 0. The van der Waals surface area contributed by atoms with Gasteiger partial charge in [-0.2, -0.15) is 0 Å². The van der Waals surface area contributed by atoms with Gasteiger partial charge in [0.15, 0.2) is 5.96 Å². The van der Waals surface area contributed by atoms with E-state index >= 15 is 0 Å². The number of methoxy groups -OCH3 is 1. The van der Waals surface area contributed by atoms with E-state index in [1.54, 1.807) is 7.11 Å². The average molecular weight is 361 g/mol. The van der Waals surface area contributed by atoms with Crippen molar-refractivity contribution in [1.82, 2.24) is 15.5 Å². The van der Waals surface area contributed by atoms with Crippen LogP contribution in [0.2, 0.25) is 0 Å². The van der Waals surface area contributed by atoms with Gasteiger partial charge in [-0.05, 0) is 57.4 Å². The zero-order valence-electron chi connectivity index (χ0n) is 16.4. The number of rotatable bonds is 7. The van der Waals surface area contributed by atoms with E-state index in [1.807, 2.05) is 31.3 Å². The lowest BCUT2D eigenvalue weighted by molar-refractivity contribution is 0.223. The van der Waals surface area contributed by atoms with Gasteiger partial charge in [0.25, 0.3) is 0 Å². The molecular weight excluding hydrogens is 328 g/mol. The number of likely N-dealkylation sites (tertiary alicyclic amines) is 1. The fraction of sp³-hybridized carbons (Fsp3) is 0.650. The second-order valence-electron chi connectivity index (χ2n) is 7.41. The Balaban J connectivity index is 1.41. The maximum atomic E-state index is 5.94. The molecule has 1 saturated carbocycles. The van der Waals surface area contributed by atoms with Crippen molar-refractivity contribution in [2.45, 2.75) is 57.3 Å². The zero-order chi connectivity index (χ0) is 18.5. The van der Waals surface area contributed by atoms with Gasteiger partial charge >= 0.3 is 0 Å². The van der Waals surface area contributed by atoms with E-state index in [9.17, 15) is 0 Å². The highest BCUT2D eigenvalue weighted by Gasteiger charge is 2.38. The smallest absolute Gasteiger partial charge is 0.191 e. The lowest BCUT2D eigenvalue weighted by atomic mass is 10.2. The van der Waals surface area contributed by atoms with Crippen molar-refractivity contribution in [3.8, 4) is 11.5 Å². The minimum absolute atomic E-state index is 0.0346. The van der Waals surface area contributed by atoms with E-state index in [0.717, 1.165) is 30.0 Å². The molecule has 6 heteroatoms. The Morgan fingerprint density at radius 3 is 2.58 bits per heavy atom. The van der Waals surface area contributed by atoms with Crippen molar-refractivity contribution < 1.29 is 9.47 Å². The van der Waals surface area contributed by atoms with Gasteiger partial charge in [0, 0.05) is 31.7 Å². The van der Waals surface area contributed by atoms with E-state index in [-0.39, 0.29) is 6.10 Å². The van der Waals surface area contributed by atoms with Crippen LogP contribution in [0.4, 0.5) is 0 Å². The Hall–Kier alpha value is -1.95. The van der Waals surface area contributed by atoms with E-state index in [1.165, 1.54) is 19.3 Å². The van der Waals surface area contributed by atoms with Crippen LogP contribution in [0, 0.1) is 0 Å². The molecule has 1 aliphatic heterocycles. The second-order valence-corrected chi connectivity index (χ2v) is 7.41. The number of benzene rings is 1. The number of hydrogen-bond donors (Lipinski definition) is 2. The lowest BCUT2D eigenvalue weighted by Crippen LogP contribution is -2.47. The molecule has 1 aromatic carbocycles. The average Bonchev–Trinajstić information content (AvgIpc) is 3.42. The third-order valence-corrected chi connectivity index (χ3v) is 5.16. The Labute approximate surface area is 157 Å². The molecule has 6 nitrogen and oxygen atoms in total. The second kappa shape index (κ2) is 8.62. The zero-order valence-corrected chi connectivity index (χ0v) is 16.4. The van der Waals surface area contributed by atoms with Gasteiger partial charge in [0.05, 0.1) is 13.7 Å². The van der Waals surface area contributed by atoms with E-state index < -0.39 is 0 Å². The number of nitrogens with one attached hydrogen (secondary N) is 2. The van der Waals surface area contributed by atoms with Crippen LogP contribution >= 0.6 is 0 Å². The first-order valence-corrected chi connectivity index (χ1v) is 9.62. The van der Waals surface area contributed by atoms with E-state index in [0.29, 0.717) is 18.6 Å². The summed E-state index contributed by atoms with van der Waals surface area (Å²) in [5.74, 6) is 2.52. The van der Waals surface area contributed by atoms with Crippen molar-refractivity contribution in [3.63, 3.8) is 0 Å². The minimum atomic E-state index is 0.0346. The van der Waals surface area contributed by atoms with Crippen LogP contribution in [-0.4, -0.2) is 62.3 Å². The van der Waals surface area contributed by atoms with Gasteiger partial charge in [-0.3, -0.25) is 9.89 Å². The molecule has 2 N–H and O–H groups in total. The molecule has 0 bridgehead atoms. The van der Waals surface area contributed by atoms with Crippen LogP contribution in [0.5, 0.6) is 11.5 Å². The predicted octanol–water partition coefficient (Wildman–Crippen LogP) is 2.25. The first kappa shape index (κ1) is 18.8. The summed E-state index contributed by atoms with van der Waals surface area (Å²) >= 11 is 0. The predicted molar refractivity (Wildman–Crippen MR) is 105 cm³/mol. The van der Waals surface area contributed by atoms with Crippen molar-refractivity contribution in [3.05, 3.63) is 24.3 Å². The Morgan fingerprint density at radius 2 is 1.96 bits per heavy atom. The molecule has 2 aliphatic rings. The summed E-state index contributed by atoms with van der Waals surface area (Å²) in [4.78, 5) is 7.01. The molecule has 2 fully saturated rings. The summed E-state index contributed by atoms with van der Waals surface area (Å²) in [5, 5.41) is 6.95. The number of nitrogens with zero attached hydrogens (tertiary/aromatic N) is 2. The first-order valence-electron chi connectivity index (χ1n) is 9.62. The first-order chi connectivity index (χ1) is 12.6. The van der Waals surface area contributed by atoms with Crippen molar-refractivity contribution in [1.29, 1.82) is 0 Å². The Kier molecular flexibility index (Phi) is 6.25. The van der Waals surface area contributed by atoms with Crippen LogP contribution < -0.4 is 20.1 Å². The topological polar surface area (TPSA) is 58.1 Å². The van der Waals surface area contributed by atoms with Crippen molar-refractivity contribution in [2.24, 2.45) is 4.99 Å². The number of hydrogen-bond acceptors (Lipinski definition) is 4. The van der Waals surface area contributed by atoms with Gasteiger partial charge in [0.1, 0.15) is 17.6 Å². The SMILES string of the molecule is CN=C(NCC(C)Oc1ccc(OC)cc1)NC1CC(C)N(C2CC2)C1. The van der Waals surface area contributed by atoms with Gasteiger partial charge in [-0.15, -0.1) is 0 Å². The molecule has 0 amide bonds. The molecule has 3 rings (SSSR count). The highest BCUT2D eigenvalue weighted by atomic mass is 16.5. The normalized spacial score (nSPS) is 25.0. The fourth-order valence-corrected chi connectivity index (χ4v) is 3.63. The Bertz CT molecular complexity index is 600. The number of aliphatic imine (C=N–C) groups is 1.